The molecule has 0 aliphatic carbocycles. The lowest BCUT2D eigenvalue weighted by molar-refractivity contribution is 1.07. The largest absolute Gasteiger partial charge is 0.276 e. The molecule has 0 aliphatic rings. The van der Waals surface area contributed by atoms with Gasteiger partial charge in [0.1, 0.15) is 0 Å². The topological polar surface area (TPSA) is 41.0 Å². The Labute approximate surface area is 86.0 Å². The van der Waals surface area contributed by atoms with Crippen molar-refractivity contribution in [1.29, 1.82) is 0 Å². The lowest BCUT2D eigenvalue weighted by Gasteiger charge is -1.96. The highest BCUT2D eigenvalue weighted by Crippen LogP contribution is 2.11. The van der Waals surface area contributed by atoms with Gasteiger partial charge in [-0.2, -0.15) is 5.10 Å². The molecule has 0 aromatic carbocycles. The van der Waals surface area contributed by atoms with Gasteiger partial charge in [-0.15, -0.1) is 0 Å². The summed E-state index contributed by atoms with van der Waals surface area (Å²) in [6.07, 6.45) is 3.68. The van der Waals surface area contributed by atoms with Gasteiger partial charge in [-0.3, -0.25) is 10.1 Å². The first-order chi connectivity index (χ1) is 6.74. The molecule has 3 nitrogen and oxygen atoms in total. The van der Waals surface area contributed by atoms with Crippen molar-refractivity contribution in [3.8, 4) is 0 Å². The second-order valence-electron chi connectivity index (χ2n) is 2.70. The van der Waals surface area contributed by atoms with Crippen LogP contribution in [0.25, 0.3) is 5.70 Å². The maximum Gasteiger partial charge on any atom is 0.0836 e. The van der Waals surface area contributed by atoms with Crippen LogP contribution in [0.15, 0.2) is 23.3 Å². The third kappa shape index (κ3) is 4.03. The van der Waals surface area contributed by atoms with Crippen LogP contribution in [-0.2, 0) is 0 Å². The Morgan fingerprint density at radius 3 is 2.43 bits per heavy atom. The highest BCUT2D eigenvalue weighted by molar-refractivity contribution is 5.85. The molecule has 78 valence electrons. The normalized spacial score (nSPS) is 10.2. The average Bonchev–Trinajstić information content (AvgIpc) is 2.70. The molecule has 0 bridgehead atoms. The fourth-order valence-corrected chi connectivity index (χ4v) is 0.920. The quantitative estimate of drug-likeness (QED) is 0.719. The van der Waals surface area contributed by atoms with E-state index in [4.69, 9.17) is 0 Å². The van der Waals surface area contributed by atoms with E-state index in [0.29, 0.717) is 0 Å². The van der Waals surface area contributed by atoms with E-state index in [1.165, 1.54) is 0 Å². The Hall–Kier alpha value is -1.38. The van der Waals surface area contributed by atoms with E-state index < -0.39 is 0 Å². The summed E-state index contributed by atoms with van der Waals surface area (Å²) in [5.74, 6) is 0. The molecule has 14 heavy (non-hydrogen) atoms. The molecule has 1 rings (SSSR count). The number of H-pyrrole nitrogens is 1. The lowest BCUT2D eigenvalue weighted by atomic mass is 10.3. The molecular weight excluding hydrogens is 174 g/mol. The third-order valence-corrected chi connectivity index (χ3v) is 1.39. The third-order valence-electron chi connectivity index (χ3n) is 1.39. The van der Waals surface area contributed by atoms with Gasteiger partial charge in [-0.05, 0) is 26.8 Å². The van der Waals surface area contributed by atoms with Crippen LogP contribution in [0.2, 0.25) is 0 Å². The number of nitrogens with one attached hydrogen (secondary N) is 1. The molecule has 0 radical (unpaired) electrons. The summed E-state index contributed by atoms with van der Waals surface area (Å²) >= 11 is 0. The summed E-state index contributed by atoms with van der Waals surface area (Å²) < 4.78 is 0. The summed E-state index contributed by atoms with van der Waals surface area (Å²) in [5, 5.41) is 6.73. The molecule has 0 fully saturated rings. The van der Waals surface area contributed by atoms with E-state index in [0.717, 1.165) is 17.1 Å². The summed E-state index contributed by atoms with van der Waals surface area (Å²) in [4.78, 5) is 4.34. The smallest absolute Gasteiger partial charge is 0.0836 e. The van der Waals surface area contributed by atoms with Crippen molar-refractivity contribution in [3.05, 3.63) is 24.0 Å². The predicted molar refractivity (Wildman–Crippen MR) is 62.4 cm³/mol. The molecule has 0 saturated carbocycles. The summed E-state index contributed by atoms with van der Waals surface area (Å²) in [6, 6.07) is 1.90. The van der Waals surface area contributed by atoms with Crippen molar-refractivity contribution in [3.63, 3.8) is 0 Å². The van der Waals surface area contributed by atoms with Crippen LogP contribution in [-0.4, -0.2) is 15.9 Å². The van der Waals surface area contributed by atoms with E-state index in [2.05, 4.69) is 15.2 Å². The van der Waals surface area contributed by atoms with E-state index in [1.807, 2.05) is 46.8 Å². The molecular formula is C11H19N3. The number of nitrogens with zero attached hydrogens (tertiary/aromatic N) is 2. The van der Waals surface area contributed by atoms with Crippen LogP contribution in [0.4, 0.5) is 0 Å². The van der Waals surface area contributed by atoms with Crippen LogP contribution >= 0.6 is 0 Å². The second kappa shape index (κ2) is 7.06. The highest BCUT2D eigenvalue weighted by Gasteiger charge is 1.98. The Morgan fingerprint density at radius 2 is 2.07 bits per heavy atom. The molecule has 1 aromatic rings. The zero-order chi connectivity index (χ0) is 11.0. The molecule has 1 aromatic heterocycles. The maximum atomic E-state index is 4.34. The molecule has 0 unspecified atom stereocenters. The van der Waals surface area contributed by atoms with Gasteiger partial charge in [0.15, 0.2) is 0 Å². The highest BCUT2D eigenvalue weighted by atomic mass is 15.1. The van der Waals surface area contributed by atoms with Crippen LogP contribution in [0.3, 0.4) is 0 Å². The van der Waals surface area contributed by atoms with Gasteiger partial charge in [0.2, 0.25) is 0 Å². The number of aromatic amines is 1. The van der Waals surface area contributed by atoms with Crippen molar-refractivity contribution < 1.29 is 0 Å². The number of hydrogen-bond acceptors (Lipinski definition) is 2. The Balaban J connectivity index is 0.000000791. The van der Waals surface area contributed by atoms with Gasteiger partial charge >= 0.3 is 0 Å². The monoisotopic (exact) mass is 193 g/mol. The van der Waals surface area contributed by atoms with Gasteiger partial charge in [0, 0.05) is 11.9 Å². The minimum atomic E-state index is 0.938. The van der Waals surface area contributed by atoms with E-state index >= 15 is 0 Å². The molecule has 0 aliphatic heterocycles. The van der Waals surface area contributed by atoms with Crippen molar-refractivity contribution in [2.45, 2.75) is 34.6 Å². The standard InChI is InChI=1S/C9H13N3.C2H6/c1-4-8(11-7(2)3)9-5-6-10-12-9;1-2/h4-6H,1-3H3,(H,10,12);1-2H3/b8-4-;. The van der Waals surface area contributed by atoms with Crippen molar-refractivity contribution in [2.75, 3.05) is 0 Å². The lowest BCUT2D eigenvalue weighted by Crippen LogP contribution is -1.86. The minimum Gasteiger partial charge on any atom is -0.276 e. The van der Waals surface area contributed by atoms with E-state index in [-0.39, 0.29) is 0 Å². The fraction of sp³-hybridized carbons (Fsp3) is 0.455. The molecule has 0 saturated heterocycles. The minimum absolute atomic E-state index is 0.938. The number of hydrogen-bond donors (Lipinski definition) is 1. The number of allylic oxidation sites excluding steroid dienone is 1. The van der Waals surface area contributed by atoms with E-state index in [9.17, 15) is 0 Å². The SMILES string of the molecule is C/C=C(\N=C(C)C)c1ccn[nH]1.CC. The van der Waals surface area contributed by atoms with Crippen LogP contribution in [0.5, 0.6) is 0 Å². The first kappa shape index (κ1) is 12.6. The first-order valence-corrected chi connectivity index (χ1v) is 4.92. The van der Waals surface area contributed by atoms with Gasteiger partial charge in [0.25, 0.3) is 0 Å². The Kier molecular flexibility index (Phi) is 6.37. The van der Waals surface area contributed by atoms with Crippen LogP contribution < -0.4 is 0 Å². The Morgan fingerprint density at radius 1 is 1.43 bits per heavy atom. The molecule has 0 atom stereocenters. The van der Waals surface area contributed by atoms with Crippen molar-refractivity contribution in [2.24, 2.45) is 4.99 Å². The fourth-order valence-electron chi connectivity index (χ4n) is 0.920. The maximum absolute atomic E-state index is 4.34. The second-order valence-corrected chi connectivity index (χ2v) is 2.70. The summed E-state index contributed by atoms with van der Waals surface area (Å²) in [7, 11) is 0. The number of rotatable bonds is 2. The van der Waals surface area contributed by atoms with Crippen LogP contribution in [0, 0.1) is 0 Å². The zero-order valence-electron chi connectivity index (χ0n) is 9.63. The van der Waals surface area contributed by atoms with Crippen molar-refractivity contribution in [1.82, 2.24) is 10.2 Å². The van der Waals surface area contributed by atoms with Crippen LogP contribution in [0.1, 0.15) is 40.3 Å². The van der Waals surface area contributed by atoms with E-state index in [1.54, 1.807) is 6.20 Å². The van der Waals surface area contributed by atoms with Gasteiger partial charge in [-0.25, -0.2) is 0 Å². The Bertz CT molecular complexity index is 290. The number of aliphatic imine (C=N–C) groups is 1. The molecule has 1 N–H and O–H groups in total. The van der Waals surface area contributed by atoms with Gasteiger partial charge < -0.3 is 0 Å². The van der Waals surface area contributed by atoms with Gasteiger partial charge in [0.05, 0.1) is 11.4 Å². The van der Waals surface area contributed by atoms with Crippen molar-refractivity contribution >= 4 is 11.4 Å². The molecule has 0 spiro atoms. The number of aromatic nitrogens is 2. The summed E-state index contributed by atoms with van der Waals surface area (Å²) in [6.45, 7) is 9.91. The molecule has 0 amide bonds. The zero-order valence-corrected chi connectivity index (χ0v) is 9.63. The average molecular weight is 193 g/mol. The molecule has 3 heteroatoms. The predicted octanol–water partition coefficient (Wildman–Crippen LogP) is 3.28. The molecule has 1 heterocycles. The first-order valence-electron chi connectivity index (χ1n) is 4.92. The van der Waals surface area contributed by atoms with Gasteiger partial charge in [-0.1, -0.05) is 19.9 Å². The summed E-state index contributed by atoms with van der Waals surface area (Å²) in [5.41, 5.74) is 2.93.